The zero-order chi connectivity index (χ0) is 14.5. The standard InChI is InChI=1S/C13H14FNO5/c14-9-4-5-12(15(17)18)11(7-9)13(16)20-8-10-3-1-2-6-19-10/h4-5,7,10H,1-3,6,8H2. The minimum Gasteiger partial charge on any atom is -0.459 e. The van der Waals surface area contributed by atoms with Gasteiger partial charge in [-0.15, -0.1) is 0 Å². The van der Waals surface area contributed by atoms with Crippen molar-refractivity contribution < 1.29 is 23.6 Å². The molecule has 1 fully saturated rings. The molecule has 2 rings (SSSR count). The van der Waals surface area contributed by atoms with Crippen molar-refractivity contribution >= 4 is 11.7 Å². The van der Waals surface area contributed by atoms with E-state index in [-0.39, 0.29) is 18.3 Å². The number of nitro benzene ring substituents is 1. The van der Waals surface area contributed by atoms with Crippen LogP contribution in [0.25, 0.3) is 0 Å². The molecule has 20 heavy (non-hydrogen) atoms. The molecule has 0 aliphatic carbocycles. The lowest BCUT2D eigenvalue weighted by Crippen LogP contribution is -2.26. The first-order valence-corrected chi connectivity index (χ1v) is 6.30. The highest BCUT2D eigenvalue weighted by Crippen LogP contribution is 2.21. The molecule has 6 nitrogen and oxygen atoms in total. The number of halogens is 1. The van der Waals surface area contributed by atoms with Crippen LogP contribution >= 0.6 is 0 Å². The van der Waals surface area contributed by atoms with Gasteiger partial charge in [0.25, 0.3) is 5.69 Å². The maximum atomic E-state index is 13.1. The van der Waals surface area contributed by atoms with E-state index >= 15 is 0 Å². The second kappa shape index (κ2) is 6.42. The van der Waals surface area contributed by atoms with E-state index in [9.17, 15) is 19.3 Å². The number of rotatable bonds is 4. The first-order valence-electron chi connectivity index (χ1n) is 6.30. The lowest BCUT2D eigenvalue weighted by molar-refractivity contribution is -0.385. The summed E-state index contributed by atoms with van der Waals surface area (Å²) < 4.78 is 23.5. The SMILES string of the molecule is O=C(OCC1CCCCO1)c1cc(F)ccc1[N+](=O)[O-]. The fraction of sp³-hybridized carbons (Fsp3) is 0.462. The zero-order valence-corrected chi connectivity index (χ0v) is 10.7. The summed E-state index contributed by atoms with van der Waals surface area (Å²) in [6.07, 6.45) is 2.54. The van der Waals surface area contributed by atoms with Crippen LogP contribution in [0.5, 0.6) is 0 Å². The van der Waals surface area contributed by atoms with Crippen molar-refractivity contribution in [3.8, 4) is 0 Å². The van der Waals surface area contributed by atoms with Gasteiger partial charge in [-0.3, -0.25) is 10.1 Å². The molecule has 0 amide bonds. The molecule has 108 valence electrons. The quantitative estimate of drug-likeness (QED) is 0.482. The summed E-state index contributed by atoms with van der Waals surface area (Å²) in [5, 5.41) is 10.8. The number of esters is 1. The number of benzene rings is 1. The van der Waals surface area contributed by atoms with Crippen molar-refractivity contribution in [2.45, 2.75) is 25.4 Å². The molecule has 1 aromatic carbocycles. The Morgan fingerprint density at radius 3 is 2.95 bits per heavy atom. The highest BCUT2D eigenvalue weighted by Gasteiger charge is 2.24. The number of hydrogen-bond acceptors (Lipinski definition) is 5. The lowest BCUT2D eigenvalue weighted by atomic mass is 10.1. The number of nitro groups is 1. The lowest BCUT2D eigenvalue weighted by Gasteiger charge is -2.22. The minimum absolute atomic E-state index is 0.0203. The summed E-state index contributed by atoms with van der Waals surface area (Å²) in [7, 11) is 0. The van der Waals surface area contributed by atoms with Crippen LogP contribution in [-0.2, 0) is 9.47 Å². The fourth-order valence-electron chi connectivity index (χ4n) is 2.02. The Kier molecular flexibility index (Phi) is 4.62. The molecule has 7 heteroatoms. The van der Waals surface area contributed by atoms with Crippen molar-refractivity contribution in [2.75, 3.05) is 13.2 Å². The van der Waals surface area contributed by atoms with E-state index in [4.69, 9.17) is 9.47 Å². The van der Waals surface area contributed by atoms with Crippen molar-refractivity contribution in [1.82, 2.24) is 0 Å². The third-order valence-electron chi connectivity index (χ3n) is 3.05. The van der Waals surface area contributed by atoms with Gasteiger partial charge in [-0.05, 0) is 31.4 Å². The molecule has 0 saturated carbocycles. The number of nitrogens with zero attached hydrogens (tertiary/aromatic N) is 1. The average molecular weight is 283 g/mol. The van der Waals surface area contributed by atoms with E-state index in [2.05, 4.69) is 0 Å². The normalized spacial score (nSPS) is 18.6. The van der Waals surface area contributed by atoms with Crippen molar-refractivity contribution in [3.05, 3.63) is 39.7 Å². The molecule has 0 spiro atoms. The van der Waals surface area contributed by atoms with E-state index < -0.39 is 22.4 Å². The van der Waals surface area contributed by atoms with Crippen LogP contribution in [-0.4, -0.2) is 30.2 Å². The van der Waals surface area contributed by atoms with E-state index in [1.807, 2.05) is 0 Å². The Bertz CT molecular complexity index is 513. The Hall–Kier alpha value is -2.02. The van der Waals surface area contributed by atoms with Gasteiger partial charge < -0.3 is 9.47 Å². The average Bonchev–Trinajstić information content (AvgIpc) is 2.45. The molecule has 0 radical (unpaired) electrons. The highest BCUT2D eigenvalue weighted by atomic mass is 19.1. The van der Waals surface area contributed by atoms with Crippen LogP contribution in [0.2, 0.25) is 0 Å². The summed E-state index contributed by atoms with van der Waals surface area (Å²) in [4.78, 5) is 21.9. The minimum atomic E-state index is -0.912. The smallest absolute Gasteiger partial charge is 0.345 e. The van der Waals surface area contributed by atoms with Gasteiger partial charge in [0.2, 0.25) is 0 Å². The van der Waals surface area contributed by atoms with Crippen molar-refractivity contribution in [1.29, 1.82) is 0 Å². The van der Waals surface area contributed by atoms with E-state index in [1.165, 1.54) is 0 Å². The molecule has 0 aromatic heterocycles. The largest absolute Gasteiger partial charge is 0.459 e. The second-order valence-corrected chi connectivity index (χ2v) is 4.51. The molecule has 1 aromatic rings. The van der Waals surface area contributed by atoms with Gasteiger partial charge in [0.1, 0.15) is 18.0 Å². The van der Waals surface area contributed by atoms with E-state index in [0.29, 0.717) is 6.61 Å². The molecule has 1 heterocycles. The summed E-state index contributed by atoms with van der Waals surface area (Å²) in [6.45, 7) is 0.634. The van der Waals surface area contributed by atoms with E-state index in [1.54, 1.807) is 0 Å². The van der Waals surface area contributed by atoms with Crippen LogP contribution < -0.4 is 0 Å². The molecule has 1 unspecified atom stereocenters. The predicted octanol–water partition coefficient (Wildman–Crippen LogP) is 2.46. The topological polar surface area (TPSA) is 78.7 Å². The zero-order valence-electron chi connectivity index (χ0n) is 10.7. The Morgan fingerprint density at radius 2 is 2.30 bits per heavy atom. The number of carbonyl (C=O) groups is 1. The second-order valence-electron chi connectivity index (χ2n) is 4.51. The van der Waals surface area contributed by atoms with Crippen LogP contribution in [0.3, 0.4) is 0 Å². The Morgan fingerprint density at radius 1 is 1.50 bits per heavy atom. The molecule has 0 N–H and O–H groups in total. The number of carbonyl (C=O) groups excluding carboxylic acids is 1. The summed E-state index contributed by atoms with van der Waals surface area (Å²) >= 11 is 0. The van der Waals surface area contributed by atoms with Gasteiger partial charge in [-0.1, -0.05) is 0 Å². The maximum absolute atomic E-state index is 13.1. The molecule has 1 aliphatic rings. The molecule has 0 bridgehead atoms. The summed E-state index contributed by atoms with van der Waals surface area (Å²) in [5.74, 6) is -1.64. The highest BCUT2D eigenvalue weighted by molar-refractivity contribution is 5.93. The predicted molar refractivity (Wildman–Crippen MR) is 66.9 cm³/mol. The van der Waals surface area contributed by atoms with Gasteiger partial charge in [-0.25, -0.2) is 9.18 Å². The number of ether oxygens (including phenoxy) is 2. The monoisotopic (exact) mass is 283 g/mol. The number of hydrogen-bond donors (Lipinski definition) is 0. The fourth-order valence-corrected chi connectivity index (χ4v) is 2.02. The first kappa shape index (κ1) is 14.4. The van der Waals surface area contributed by atoms with Gasteiger partial charge in [0.15, 0.2) is 0 Å². The molecule has 1 saturated heterocycles. The molecule has 1 aliphatic heterocycles. The summed E-state index contributed by atoms with van der Waals surface area (Å²) in [5.41, 5.74) is -0.855. The van der Waals surface area contributed by atoms with Crippen LogP contribution in [0.1, 0.15) is 29.6 Å². The molecular weight excluding hydrogens is 269 g/mol. The maximum Gasteiger partial charge on any atom is 0.345 e. The Balaban J connectivity index is 2.04. The molecule has 1 atom stereocenters. The molecular formula is C13H14FNO5. The van der Waals surface area contributed by atoms with Crippen molar-refractivity contribution in [3.63, 3.8) is 0 Å². The third kappa shape index (κ3) is 3.51. The van der Waals surface area contributed by atoms with Crippen LogP contribution in [0.15, 0.2) is 18.2 Å². The first-order chi connectivity index (χ1) is 9.58. The van der Waals surface area contributed by atoms with Gasteiger partial charge in [-0.2, -0.15) is 0 Å². The van der Waals surface area contributed by atoms with E-state index in [0.717, 1.165) is 37.5 Å². The van der Waals surface area contributed by atoms with Crippen molar-refractivity contribution in [2.24, 2.45) is 0 Å². The Labute approximate surface area is 114 Å². The summed E-state index contributed by atoms with van der Waals surface area (Å²) in [6, 6.07) is 2.68. The van der Waals surface area contributed by atoms with Crippen LogP contribution in [0, 0.1) is 15.9 Å². The van der Waals surface area contributed by atoms with Gasteiger partial charge in [0, 0.05) is 12.7 Å². The third-order valence-corrected chi connectivity index (χ3v) is 3.05. The van der Waals surface area contributed by atoms with Crippen LogP contribution in [0.4, 0.5) is 10.1 Å². The van der Waals surface area contributed by atoms with Gasteiger partial charge in [0.05, 0.1) is 11.0 Å². The van der Waals surface area contributed by atoms with Gasteiger partial charge >= 0.3 is 5.97 Å².